The van der Waals surface area contributed by atoms with Crippen molar-refractivity contribution < 1.29 is 0 Å². The minimum absolute atomic E-state index is 0.108. The normalized spacial score (nSPS) is 11.0. The number of nitrogens with zero attached hydrogens (tertiary/aromatic N) is 1. The first-order valence-corrected chi connectivity index (χ1v) is 6.80. The van der Waals surface area contributed by atoms with E-state index in [1.165, 1.54) is 0 Å². The number of para-hydroxylation sites is 1. The molecule has 3 nitrogen and oxygen atoms in total. The van der Waals surface area contributed by atoms with Gasteiger partial charge in [0.25, 0.3) is 5.56 Å². The van der Waals surface area contributed by atoms with Crippen LogP contribution in [0.3, 0.4) is 0 Å². The molecule has 0 aliphatic carbocycles. The molecule has 0 radical (unpaired) electrons. The highest BCUT2D eigenvalue weighted by Gasteiger charge is 2.08. The number of rotatable bonds is 1. The van der Waals surface area contributed by atoms with Crippen LogP contribution >= 0.6 is 0 Å². The van der Waals surface area contributed by atoms with E-state index in [1.807, 2.05) is 48.5 Å². The molecule has 0 fully saturated rings. The zero-order chi connectivity index (χ0) is 14.2. The van der Waals surface area contributed by atoms with Gasteiger partial charge in [-0.2, -0.15) is 0 Å². The second-order valence-corrected chi connectivity index (χ2v) is 4.96. The van der Waals surface area contributed by atoms with Gasteiger partial charge in [-0.3, -0.25) is 4.79 Å². The molecule has 3 aromatic carbocycles. The Morgan fingerprint density at radius 1 is 0.762 bits per heavy atom. The third-order valence-corrected chi connectivity index (χ3v) is 3.66. The molecule has 0 atom stereocenters. The predicted molar refractivity (Wildman–Crippen MR) is 85.3 cm³/mol. The van der Waals surface area contributed by atoms with E-state index in [9.17, 15) is 4.79 Å². The van der Waals surface area contributed by atoms with Gasteiger partial charge >= 0.3 is 0 Å². The average molecular weight is 272 g/mol. The lowest BCUT2D eigenvalue weighted by atomic mass is 10.0. The zero-order valence-electron chi connectivity index (χ0n) is 11.2. The summed E-state index contributed by atoms with van der Waals surface area (Å²) >= 11 is 0. The molecule has 0 bridgehead atoms. The Bertz CT molecular complexity index is 1010. The fourth-order valence-electron chi connectivity index (χ4n) is 2.65. The van der Waals surface area contributed by atoms with Crippen LogP contribution in [-0.2, 0) is 0 Å². The number of aromatic nitrogens is 2. The van der Waals surface area contributed by atoms with Crippen LogP contribution in [-0.4, -0.2) is 9.97 Å². The Kier molecular flexibility index (Phi) is 2.57. The molecular weight excluding hydrogens is 260 g/mol. The van der Waals surface area contributed by atoms with Gasteiger partial charge in [0, 0.05) is 5.56 Å². The van der Waals surface area contributed by atoms with E-state index in [1.54, 1.807) is 6.07 Å². The molecule has 21 heavy (non-hydrogen) atoms. The second kappa shape index (κ2) is 4.56. The van der Waals surface area contributed by atoms with Gasteiger partial charge in [-0.25, -0.2) is 4.98 Å². The molecule has 100 valence electrons. The van der Waals surface area contributed by atoms with E-state index < -0.39 is 0 Å². The van der Waals surface area contributed by atoms with Crippen LogP contribution in [0.1, 0.15) is 0 Å². The number of aromatic amines is 1. The van der Waals surface area contributed by atoms with Gasteiger partial charge in [0.15, 0.2) is 0 Å². The van der Waals surface area contributed by atoms with Gasteiger partial charge < -0.3 is 4.98 Å². The monoisotopic (exact) mass is 272 g/mol. The average Bonchev–Trinajstić information content (AvgIpc) is 2.54. The molecule has 4 aromatic rings. The summed E-state index contributed by atoms with van der Waals surface area (Å²) < 4.78 is 0. The van der Waals surface area contributed by atoms with Crippen molar-refractivity contribution in [1.82, 2.24) is 9.97 Å². The SMILES string of the molecule is O=c1[nH]c(-c2cccc3ccccc23)nc2ccccc12. The van der Waals surface area contributed by atoms with Crippen LogP contribution in [0.5, 0.6) is 0 Å². The molecule has 3 heteroatoms. The molecule has 1 N–H and O–H groups in total. The molecule has 0 spiro atoms. The van der Waals surface area contributed by atoms with Gasteiger partial charge in [-0.1, -0.05) is 54.6 Å². The van der Waals surface area contributed by atoms with Gasteiger partial charge in [0.2, 0.25) is 0 Å². The predicted octanol–water partition coefficient (Wildman–Crippen LogP) is 3.74. The fraction of sp³-hybridized carbons (Fsp3) is 0. The van der Waals surface area contributed by atoms with Crippen molar-refractivity contribution in [3.8, 4) is 11.4 Å². The number of H-pyrrole nitrogens is 1. The Balaban J connectivity index is 2.07. The van der Waals surface area contributed by atoms with Crippen molar-refractivity contribution in [3.63, 3.8) is 0 Å². The van der Waals surface area contributed by atoms with Crippen molar-refractivity contribution in [2.45, 2.75) is 0 Å². The van der Waals surface area contributed by atoms with Crippen LogP contribution in [0, 0.1) is 0 Å². The summed E-state index contributed by atoms with van der Waals surface area (Å²) in [6.07, 6.45) is 0. The van der Waals surface area contributed by atoms with Crippen molar-refractivity contribution >= 4 is 21.7 Å². The first kappa shape index (κ1) is 11.9. The van der Waals surface area contributed by atoms with Gasteiger partial charge in [0.05, 0.1) is 10.9 Å². The number of hydrogen-bond acceptors (Lipinski definition) is 2. The van der Waals surface area contributed by atoms with Crippen LogP contribution in [0.2, 0.25) is 0 Å². The number of benzene rings is 3. The molecule has 0 saturated heterocycles. The van der Waals surface area contributed by atoms with Gasteiger partial charge in [-0.05, 0) is 22.9 Å². The van der Waals surface area contributed by atoms with Crippen LogP contribution in [0.25, 0.3) is 33.1 Å². The molecule has 1 aromatic heterocycles. The summed E-state index contributed by atoms with van der Waals surface area (Å²) in [6, 6.07) is 21.5. The van der Waals surface area contributed by atoms with Crippen molar-refractivity contribution in [3.05, 3.63) is 77.1 Å². The highest BCUT2D eigenvalue weighted by atomic mass is 16.1. The van der Waals surface area contributed by atoms with Gasteiger partial charge in [-0.15, -0.1) is 0 Å². The number of fused-ring (bicyclic) bond motifs is 2. The third kappa shape index (κ3) is 1.91. The van der Waals surface area contributed by atoms with Crippen molar-refractivity contribution in [2.75, 3.05) is 0 Å². The lowest BCUT2D eigenvalue weighted by Crippen LogP contribution is -2.09. The summed E-state index contributed by atoms with van der Waals surface area (Å²) in [5.74, 6) is 0.607. The fourth-order valence-corrected chi connectivity index (χ4v) is 2.65. The lowest BCUT2D eigenvalue weighted by molar-refractivity contribution is 1.18. The number of nitrogens with one attached hydrogen (secondary N) is 1. The maximum atomic E-state index is 12.2. The third-order valence-electron chi connectivity index (χ3n) is 3.66. The summed E-state index contributed by atoms with van der Waals surface area (Å²) in [7, 11) is 0. The minimum atomic E-state index is -0.108. The maximum Gasteiger partial charge on any atom is 0.259 e. The Labute approximate surface area is 120 Å². The standard InChI is InChI=1S/C18H12N2O/c21-18-15-9-3-4-11-16(15)19-17(20-18)14-10-5-7-12-6-1-2-8-13(12)14/h1-11H,(H,19,20,21). The quantitative estimate of drug-likeness (QED) is 0.573. The Morgan fingerprint density at radius 2 is 1.48 bits per heavy atom. The molecule has 0 aliphatic rings. The van der Waals surface area contributed by atoms with Crippen LogP contribution in [0.4, 0.5) is 0 Å². The molecule has 0 amide bonds. The summed E-state index contributed by atoms with van der Waals surface area (Å²) in [5.41, 5.74) is 1.55. The van der Waals surface area contributed by atoms with E-state index in [0.29, 0.717) is 16.7 Å². The summed E-state index contributed by atoms with van der Waals surface area (Å²) in [4.78, 5) is 19.7. The van der Waals surface area contributed by atoms with Crippen molar-refractivity contribution in [1.29, 1.82) is 0 Å². The summed E-state index contributed by atoms with van der Waals surface area (Å²) in [6.45, 7) is 0. The Morgan fingerprint density at radius 3 is 2.38 bits per heavy atom. The van der Waals surface area contributed by atoms with E-state index in [0.717, 1.165) is 16.3 Å². The molecule has 4 rings (SSSR count). The molecular formula is C18H12N2O. The molecule has 1 heterocycles. The largest absolute Gasteiger partial charge is 0.306 e. The van der Waals surface area contributed by atoms with E-state index in [2.05, 4.69) is 22.1 Å². The van der Waals surface area contributed by atoms with E-state index in [4.69, 9.17) is 0 Å². The van der Waals surface area contributed by atoms with Crippen LogP contribution in [0.15, 0.2) is 71.5 Å². The van der Waals surface area contributed by atoms with Gasteiger partial charge in [0.1, 0.15) is 5.82 Å². The first-order chi connectivity index (χ1) is 10.3. The van der Waals surface area contributed by atoms with E-state index >= 15 is 0 Å². The lowest BCUT2D eigenvalue weighted by Gasteiger charge is -2.07. The Hall–Kier alpha value is -2.94. The summed E-state index contributed by atoms with van der Waals surface area (Å²) in [5, 5.41) is 2.82. The second-order valence-electron chi connectivity index (χ2n) is 4.96. The molecule has 0 aliphatic heterocycles. The molecule has 0 unspecified atom stereocenters. The van der Waals surface area contributed by atoms with E-state index in [-0.39, 0.29) is 5.56 Å². The van der Waals surface area contributed by atoms with Crippen molar-refractivity contribution in [2.24, 2.45) is 0 Å². The van der Waals surface area contributed by atoms with Crippen LogP contribution < -0.4 is 5.56 Å². The minimum Gasteiger partial charge on any atom is -0.306 e. The first-order valence-electron chi connectivity index (χ1n) is 6.80. The molecule has 0 saturated carbocycles. The smallest absolute Gasteiger partial charge is 0.259 e. The topological polar surface area (TPSA) is 45.8 Å². The number of hydrogen-bond donors (Lipinski definition) is 1. The zero-order valence-corrected chi connectivity index (χ0v) is 11.2. The highest BCUT2D eigenvalue weighted by Crippen LogP contribution is 2.26. The highest BCUT2D eigenvalue weighted by molar-refractivity contribution is 5.95. The maximum absolute atomic E-state index is 12.2.